The Morgan fingerprint density at radius 3 is 2.45 bits per heavy atom. The van der Waals surface area contributed by atoms with Crippen molar-refractivity contribution in [1.29, 1.82) is 0 Å². The van der Waals surface area contributed by atoms with Crippen molar-refractivity contribution in [3.05, 3.63) is 59.4 Å². The summed E-state index contributed by atoms with van der Waals surface area (Å²) in [7, 11) is 0. The largest absolute Gasteiger partial charge is 0.339 e. The number of piperidine rings is 1. The minimum atomic E-state index is 0.0786. The molecular weight excluding hydrogens is 274 g/mol. The van der Waals surface area contributed by atoms with E-state index in [-0.39, 0.29) is 5.91 Å². The Morgan fingerprint density at radius 2 is 1.86 bits per heavy atom. The Morgan fingerprint density at radius 1 is 1.14 bits per heavy atom. The number of terminal acetylenes is 1. The van der Waals surface area contributed by atoms with Gasteiger partial charge in [-0.1, -0.05) is 5.92 Å². The van der Waals surface area contributed by atoms with E-state index in [0.29, 0.717) is 11.5 Å². The third-order valence-electron chi connectivity index (χ3n) is 4.16. The molecule has 1 amide bonds. The molecule has 22 heavy (non-hydrogen) atoms. The summed E-state index contributed by atoms with van der Waals surface area (Å²) < 4.78 is 0. The molecule has 2 heterocycles. The minimum absolute atomic E-state index is 0.0786. The van der Waals surface area contributed by atoms with Gasteiger partial charge in [0.25, 0.3) is 5.91 Å². The van der Waals surface area contributed by atoms with Gasteiger partial charge in [-0.25, -0.2) is 0 Å². The Bertz CT molecular complexity index is 681. The summed E-state index contributed by atoms with van der Waals surface area (Å²) in [5.41, 5.74) is 2.70. The summed E-state index contributed by atoms with van der Waals surface area (Å²) in [6.45, 7) is 1.53. The fourth-order valence-corrected chi connectivity index (χ4v) is 2.85. The first-order valence-corrected chi connectivity index (χ1v) is 7.40. The van der Waals surface area contributed by atoms with Crippen LogP contribution in [-0.2, 0) is 0 Å². The minimum Gasteiger partial charge on any atom is -0.339 e. The molecule has 1 aromatic heterocycles. The van der Waals surface area contributed by atoms with Gasteiger partial charge in [-0.2, -0.15) is 10.2 Å². The van der Waals surface area contributed by atoms with E-state index in [1.807, 2.05) is 29.3 Å². The second-order valence-electron chi connectivity index (χ2n) is 5.46. The van der Waals surface area contributed by atoms with Crippen molar-refractivity contribution >= 4 is 5.91 Å². The third kappa shape index (κ3) is 2.99. The number of amides is 1. The standard InChI is InChI=1S/C18H17N3O/c1-2-14-3-5-16(6-4-14)18(22)21-11-8-15(9-12-21)17-7-10-19-20-13-17/h1,3-7,10,13,15H,8-9,11-12H2. The van der Waals surface area contributed by atoms with E-state index in [1.54, 1.807) is 18.3 Å². The Labute approximate surface area is 130 Å². The molecule has 110 valence electrons. The zero-order valence-corrected chi connectivity index (χ0v) is 12.3. The van der Waals surface area contributed by atoms with Crippen molar-refractivity contribution in [2.75, 3.05) is 13.1 Å². The van der Waals surface area contributed by atoms with Crippen molar-refractivity contribution in [2.45, 2.75) is 18.8 Å². The predicted octanol–water partition coefficient (Wildman–Crippen LogP) is 2.48. The van der Waals surface area contributed by atoms with E-state index < -0.39 is 0 Å². The van der Waals surface area contributed by atoms with Crippen LogP contribution in [-0.4, -0.2) is 34.1 Å². The molecule has 0 saturated carbocycles. The van der Waals surface area contributed by atoms with Gasteiger partial charge in [0.05, 0.1) is 6.20 Å². The average Bonchev–Trinajstić information content (AvgIpc) is 2.62. The summed E-state index contributed by atoms with van der Waals surface area (Å²) in [6.07, 6.45) is 10.8. The van der Waals surface area contributed by atoms with E-state index in [2.05, 4.69) is 16.1 Å². The lowest BCUT2D eigenvalue weighted by atomic mass is 9.90. The Balaban J connectivity index is 1.63. The molecule has 1 saturated heterocycles. The maximum atomic E-state index is 12.5. The van der Waals surface area contributed by atoms with Gasteiger partial charge >= 0.3 is 0 Å². The number of rotatable bonds is 2. The molecule has 3 rings (SSSR count). The van der Waals surface area contributed by atoms with Crippen LogP contribution in [0.3, 0.4) is 0 Å². The van der Waals surface area contributed by atoms with Crippen LogP contribution in [0.15, 0.2) is 42.7 Å². The summed E-state index contributed by atoms with van der Waals surface area (Å²) >= 11 is 0. The average molecular weight is 291 g/mol. The lowest BCUT2D eigenvalue weighted by Gasteiger charge is -2.32. The van der Waals surface area contributed by atoms with Crippen LogP contribution in [0.4, 0.5) is 0 Å². The fourth-order valence-electron chi connectivity index (χ4n) is 2.85. The zero-order chi connectivity index (χ0) is 15.4. The van der Waals surface area contributed by atoms with E-state index >= 15 is 0 Å². The van der Waals surface area contributed by atoms with Crippen molar-refractivity contribution in [3.8, 4) is 12.3 Å². The van der Waals surface area contributed by atoms with Crippen LogP contribution < -0.4 is 0 Å². The molecular formula is C18H17N3O. The normalized spacial score (nSPS) is 15.3. The highest BCUT2D eigenvalue weighted by molar-refractivity contribution is 5.94. The molecule has 0 N–H and O–H groups in total. The van der Waals surface area contributed by atoms with E-state index in [1.165, 1.54) is 5.56 Å². The molecule has 0 bridgehead atoms. The van der Waals surface area contributed by atoms with Gasteiger partial charge in [0.2, 0.25) is 0 Å². The predicted molar refractivity (Wildman–Crippen MR) is 84.3 cm³/mol. The number of carbonyl (C=O) groups excluding carboxylic acids is 1. The number of aromatic nitrogens is 2. The van der Waals surface area contributed by atoms with Crippen molar-refractivity contribution < 1.29 is 4.79 Å². The molecule has 0 unspecified atom stereocenters. The summed E-state index contributed by atoms with van der Waals surface area (Å²) in [4.78, 5) is 14.4. The molecule has 1 aliphatic heterocycles. The molecule has 0 aliphatic carbocycles. The third-order valence-corrected chi connectivity index (χ3v) is 4.16. The van der Waals surface area contributed by atoms with Gasteiger partial charge in [-0.3, -0.25) is 4.79 Å². The first-order chi connectivity index (χ1) is 10.8. The van der Waals surface area contributed by atoms with Crippen LogP contribution in [0.2, 0.25) is 0 Å². The van der Waals surface area contributed by atoms with Gasteiger partial charge < -0.3 is 4.90 Å². The van der Waals surface area contributed by atoms with Crippen LogP contribution in [0.25, 0.3) is 0 Å². The Hall–Kier alpha value is -2.67. The molecule has 0 atom stereocenters. The maximum Gasteiger partial charge on any atom is 0.253 e. The van der Waals surface area contributed by atoms with Crippen molar-refractivity contribution in [1.82, 2.24) is 15.1 Å². The van der Waals surface area contributed by atoms with Gasteiger partial charge in [0, 0.05) is 30.4 Å². The quantitative estimate of drug-likeness (QED) is 0.799. The van der Waals surface area contributed by atoms with Crippen molar-refractivity contribution in [2.24, 2.45) is 0 Å². The number of carbonyl (C=O) groups is 1. The molecule has 0 radical (unpaired) electrons. The van der Waals surface area contributed by atoms with Crippen LogP contribution in [0.1, 0.15) is 40.2 Å². The first-order valence-electron chi connectivity index (χ1n) is 7.40. The second-order valence-corrected chi connectivity index (χ2v) is 5.46. The van der Waals surface area contributed by atoms with E-state index in [4.69, 9.17) is 6.42 Å². The molecule has 4 heteroatoms. The number of hydrogen-bond donors (Lipinski definition) is 0. The van der Waals surface area contributed by atoms with E-state index in [0.717, 1.165) is 31.5 Å². The second kappa shape index (κ2) is 6.40. The SMILES string of the molecule is C#Cc1ccc(C(=O)N2CCC(c3ccnnc3)CC2)cc1. The smallest absolute Gasteiger partial charge is 0.253 e. The topological polar surface area (TPSA) is 46.1 Å². The van der Waals surface area contributed by atoms with E-state index in [9.17, 15) is 4.79 Å². The highest BCUT2D eigenvalue weighted by Crippen LogP contribution is 2.27. The zero-order valence-electron chi connectivity index (χ0n) is 12.3. The lowest BCUT2D eigenvalue weighted by molar-refractivity contribution is 0.0713. The summed E-state index contributed by atoms with van der Waals surface area (Å²) in [5, 5.41) is 7.74. The molecule has 4 nitrogen and oxygen atoms in total. The van der Waals surface area contributed by atoms with Gasteiger partial charge in [0.1, 0.15) is 0 Å². The molecule has 1 fully saturated rings. The maximum absolute atomic E-state index is 12.5. The number of likely N-dealkylation sites (tertiary alicyclic amines) is 1. The monoisotopic (exact) mass is 291 g/mol. The number of benzene rings is 1. The van der Waals surface area contributed by atoms with Crippen LogP contribution in [0.5, 0.6) is 0 Å². The Kier molecular flexibility index (Phi) is 4.15. The highest BCUT2D eigenvalue weighted by atomic mass is 16.2. The molecule has 2 aromatic rings. The molecule has 0 spiro atoms. The summed E-state index contributed by atoms with van der Waals surface area (Å²) in [5.74, 6) is 3.10. The number of hydrogen-bond acceptors (Lipinski definition) is 3. The number of nitrogens with zero attached hydrogens (tertiary/aromatic N) is 3. The van der Waals surface area contributed by atoms with Crippen LogP contribution in [0, 0.1) is 12.3 Å². The first kappa shape index (κ1) is 14.3. The van der Waals surface area contributed by atoms with Crippen molar-refractivity contribution in [3.63, 3.8) is 0 Å². The molecule has 1 aromatic carbocycles. The van der Waals surface area contributed by atoms with Gasteiger partial charge in [-0.05, 0) is 54.7 Å². The van der Waals surface area contributed by atoms with Gasteiger partial charge in [-0.15, -0.1) is 6.42 Å². The fraction of sp³-hybridized carbons (Fsp3) is 0.278. The molecule has 1 aliphatic rings. The highest BCUT2D eigenvalue weighted by Gasteiger charge is 2.24. The van der Waals surface area contributed by atoms with Crippen LogP contribution >= 0.6 is 0 Å². The lowest BCUT2D eigenvalue weighted by Crippen LogP contribution is -2.37. The summed E-state index contributed by atoms with van der Waals surface area (Å²) in [6, 6.07) is 9.23. The van der Waals surface area contributed by atoms with Gasteiger partial charge in [0.15, 0.2) is 0 Å².